The van der Waals surface area contributed by atoms with Crippen LogP contribution < -0.4 is 10.6 Å². The number of aromatic nitrogens is 1. The number of aromatic amines is 1. The number of rotatable bonds is 2. The van der Waals surface area contributed by atoms with Gasteiger partial charge in [-0.25, -0.2) is 0 Å². The second-order valence-electron chi connectivity index (χ2n) is 4.38. The summed E-state index contributed by atoms with van der Waals surface area (Å²) in [6.45, 7) is 0.937. The van der Waals surface area contributed by atoms with Crippen LogP contribution in [0.4, 0.5) is 5.69 Å². The van der Waals surface area contributed by atoms with Gasteiger partial charge in [0.1, 0.15) is 0 Å². The Labute approximate surface area is 99.4 Å². The van der Waals surface area contributed by atoms with E-state index in [-0.39, 0.29) is 11.9 Å². The van der Waals surface area contributed by atoms with Crippen LogP contribution in [0.3, 0.4) is 0 Å². The minimum atomic E-state index is -0.0378. The number of nitrogens with one attached hydrogen (secondary N) is 3. The Hall–Kier alpha value is -1.81. The zero-order valence-corrected chi connectivity index (χ0v) is 9.49. The number of hydrogen-bond acceptors (Lipinski definition) is 2. The van der Waals surface area contributed by atoms with Gasteiger partial charge in [-0.2, -0.15) is 0 Å². The number of anilines is 1. The van der Waals surface area contributed by atoms with Crippen molar-refractivity contribution in [3.63, 3.8) is 0 Å². The van der Waals surface area contributed by atoms with Gasteiger partial charge in [0.15, 0.2) is 0 Å². The molecular weight excluding hydrogens is 214 g/mol. The number of hydrogen-bond donors (Lipinski definition) is 3. The van der Waals surface area contributed by atoms with E-state index in [0.29, 0.717) is 0 Å². The summed E-state index contributed by atoms with van der Waals surface area (Å²) in [4.78, 5) is 15.1. The third-order valence-electron chi connectivity index (χ3n) is 3.23. The van der Waals surface area contributed by atoms with Crippen molar-refractivity contribution >= 4 is 22.5 Å². The predicted molar refractivity (Wildman–Crippen MR) is 68.0 cm³/mol. The SMILES string of the molecule is O=C(Nc1cccc2[nH]ccc12)C1CCCN1. The Kier molecular flexibility index (Phi) is 2.57. The summed E-state index contributed by atoms with van der Waals surface area (Å²) in [6.07, 6.45) is 3.88. The fourth-order valence-electron chi connectivity index (χ4n) is 2.32. The summed E-state index contributed by atoms with van der Waals surface area (Å²) < 4.78 is 0. The molecule has 3 N–H and O–H groups in total. The van der Waals surface area contributed by atoms with Crippen molar-refractivity contribution in [2.45, 2.75) is 18.9 Å². The first-order valence-corrected chi connectivity index (χ1v) is 5.95. The average molecular weight is 229 g/mol. The average Bonchev–Trinajstić information content (AvgIpc) is 3.00. The summed E-state index contributed by atoms with van der Waals surface area (Å²) in [6, 6.07) is 7.81. The molecule has 0 aliphatic carbocycles. The van der Waals surface area contributed by atoms with E-state index in [4.69, 9.17) is 0 Å². The molecule has 1 atom stereocenters. The van der Waals surface area contributed by atoms with Crippen LogP contribution in [-0.4, -0.2) is 23.5 Å². The molecule has 2 heterocycles. The highest BCUT2D eigenvalue weighted by molar-refractivity contribution is 6.03. The van der Waals surface area contributed by atoms with Gasteiger partial charge in [0.05, 0.1) is 11.7 Å². The second kappa shape index (κ2) is 4.22. The van der Waals surface area contributed by atoms with Gasteiger partial charge in [-0.3, -0.25) is 4.79 Å². The molecule has 4 nitrogen and oxygen atoms in total. The van der Waals surface area contributed by atoms with Gasteiger partial charge in [-0.15, -0.1) is 0 Å². The topological polar surface area (TPSA) is 56.9 Å². The second-order valence-corrected chi connectivity index (χ2v) is 4.38. The first-order chi connectivity index (χ1) is 8.34. The lowest BCUT2D eigenvalue weighted by molar-refractivity contribution is -0.117. The minimum Gasteiger partial charge on any atom is -0.361 e. The zero-order chi connectivity index (χ0) is 11.7. The normalized spacial score (nSPS) is 19.6. The van der Waals surface area contributed by atoms with Crippen LogP contribution in [0.5, 0.6) is 0 Å². The third-order valence-corrected chi connectivity index (χ3v) is 3.23. The molecule has 1 aliphatic rings. The summed E-state index contributed by atoms with van der Waals surface area (Å²) in [5.74, 6) is 0.0659. The van der Waals surface area contributed by atoms with Crippen LogP contribution in [0.1, 0.15) is 12.8 Å². The first-order valence-electron chi connectivity index (χ1n) is 5.95. The molecule has 0 radical (unpaired) electrons. The highest BCUT2D eigenvalue weighted by atomic mass is 16.2. The number of carbonyl (C=O) groups is 1. The highest BCUT2D eigenvalue weighted by Gasteiger charge is 2.22. The smallest absolute Gasteiger partial charge is 0.241 e. The molecule has 0 spiro atoms. The highest BCUT2D eigenvalue weighted by Crippen LogP contribution is 2.22. The van der Waals surface area contributed by atoms with Crippen molar-refractivity contribution in [1.82, 2.24) is 10.3 Å². The molecule has 1 aromatic heterocycles. The van der Waals surface area contributed by atoms with Crippen molar-refractivity contribution in [1.29, 1.82) is 0 Å². The van der Waals surface area contributed by atoms with Crippen molar-refractivity contribution in [3.8, 4) is 0 Å². The molecule has 1 saturated heterocycles. The Balaban J connectivity index is 1.84. The van der Waals surface area contributed by atoms with E-state index in [2.05, 4.69) is 15.6 Å². The first kappa shape index (κ1) is 10.4. The third kappa shape index (κ3) is 1.91. The quantitative estimate of drug-likeness (QED) is 0.736. The molecule has 4 heteroatoms. The van der Waals surface area contributed by atoms with Crippen molar-refractivity contribution in [2.75, 3.05) is 11.9 Å². The van der Waals surface area contributed by atoms with E-state index < -0.39 is 0 Å². The van der Waals surface area contributed by atoms with Gasteiger partial charge in [-0.05, 0) is 37.6 Å². The Morgan fingerprint density at radius 2 is 2.29 bits per heavy atom. The van der Waals surface area contributed by atoms with E-state index >= 15 is 0 Å². The maximum Gasteiger partial charge on any atom is 0.241 e. The van der Waals surface area contributed by atoms with Crippen molar-refractivity contribution in [3.05, 3.63) is 30.5 Å². The standard InChI is InChI=1S/C13H15N3O/c17-13(12-5-2-7-14-12)16-11-4-1-3-10-9(11)6-8-15-10/h1,3-4,6,8,12,14-15H,2,5,7H2,(H,16,17). The Bertz CT molecular complexity index is 540. The largest absolute Gasteiger partial charge is 0.361 e. The predicted octanol–water partition coefficient (Wildman–Crippen LogP) is 1.86. The molecule has 1 amide bonds. The molecule has 88 valence electrons. The lowest BCUT2D eigenvalue weighted by Gasteiger charge is -2.11. The number of carbonyl (C=O) groups excluding carboxylic acids is 1. The molecule has 1 fully saturated rings. The molecule has 0 saturated carbocycles. The molecule has 3 rings (SSSR count). The Morgan fingerprint density at radius 3 is 3.12 bits per heavy atom. The van der Waals surface area contributed by atoms with Gasteiger partial charge < -0.3 is 15.6 Å². The van der Waals surface area contributed by atoms with Crippen LogP contribution in [0.25, 0.3) is 10.9 Å². The molecule has 0 bridgehead atoms. The van der Waals surface area contributed by atoms with Gasteiger partial charge in [0.25, 0.3) is 0 Å². The van der Waals surface area contributed by atoms with Crippen LogP contribution in [0.2, 0.25) is 0 Å². The van der Waals surface area contributed by atoms with Gasteiger partial charge >= 0.3 is 0 Å². The van der Waals surface area contributed by atoms with Crippen LogP contribution in [0.15, 0.2) is 30.5 Å². The monoisotopic (exact) mass is 229 g/mol. The zero-order valence-electron chi connectivity index (χ0n) is 9.49. The minimum absolute atomic E-state index is 0.0378. The molecular formula is C13H15N3O. The molecule has 1 aliphatic heterocycles. The number of H-pyrrole nitrogens is 1. The van der Waals surface area contributed by atoms with E-state index in [1.165, 1.54) is 0 Å². The summed E-state index contributed by atoms with van der Waals surface area (Å²) in [5, 5.41) is 7.24. The van der Waals surface area contributed by atoms with Gasteiger partial charge in [-0.1, -0.05) is 6.07 Å². The molecule has 1 unspecified atom stereocenters. The van der Waals surface area contributed by atoms with Crippen molar-refractivity contribution < 1.29 is 4.79 Å². The van der Waals surface area contributed by atoms with E-state index in [9.17, 15) is 4.79 Å². The molecule has 2 aromatic rings. The van der Waals surface area contributed by atoms with Gasteiger partial charge in [0.2, 0.25) is 5.91 Å². The fraction of sp³-hybridized carbons (Fsp3) is 0.308. The summed E-state index contributed by atoms with van der Waals surface area (Å²) in [7, 11) is 0. The van der Waals surface area contributed by atoms with Crippen molar-refractivity contribution in [2.24, 2.45) is 0 Å². The van der Waals surface area contributed by atoms with Crippen LogP contribution in [0, 0.1) is 0 Å². The number of fused-ring (bicyclic) bond motifs is 1. The molecule has 1 aromatic carbocycles. The maximum absolute atomic E-state index is 12.0. The fourth-order valence-corrected chi connectivity index (χ4v) is 2.32. The van der Waals surface area contributed by atoms with Crippen LogP contribution >= 0.6 is 0 Å². The van der Waals surface area contributed by atoms with E-state index in [0.717, 1.165) is 36.0 Å². The number of amides is 1. The lowest BCUT2D eigenvalue weighted by atomic mass is 10.2. The number of benzene rings is 1. The maximum atomic E-state index is 12.0. The lowest BCUT2D eigenvalue weighted by Crippen LogP contribution is -2.35. The molecule has 17 heavy (non-hydrogen) atoms. The Morgan fingerprint density at radius 1 is 1.35 bits per heavy atom. The van der Waals surface area contributed by atoms with Gasteiger partial charge in [0, 0.05) is 17.1 Å². The van der Waals surface area contributed by atoms with E-state index in [1.807, 2.05) is 30.5 Å². The summed E-state index contributed by atoms with van der Waals surface area (Å²) in [5.41, 5.74) is 1.92. The van der Waals surface area contributed by atoms with Crippen LogP contribution in [-0.2, 0) is 4.79 Å². The summed E-state index contributed by atoms with van der Waals surface area (Å²) >= 11 is 0. The van der Waals surface area contributed by atoms with E-state index in [1.54, 1.807) is 0 Å².